The molecule has 0 unspecified atom stereocenters. The molecule has 0 radical (unpaired) electrons. The highest BCUT2D eigenvalue weighted by Gasteiger charge is 2.45. The zero-order chi connectivity index (χ0) is 38.2. The number of benzene rings is 2. The van der Waals surface area contributed by atoms with E-state index in [0.29, 0.717) is 0 Å². The van der Waals surface area contributed by atoms with Crippen molar-refractivity contribution in [2.75, 3.05) is 18.0 Å². The standard InChI is InChI=1S/C45H64N4O2/c1-40(2,3)30-42(7,8)46-38(50)28-48-34-24-20-18-22-32(34)44(11,12)36(48)26-16-15-17-27-37-45(13,14)33-23-19-21-25-35(33)49(37)29-39(51)47-43(9,10)31-41(4,5)6/h15-27H,28-31H2,1-14H3,(H-,46,47,50,51)/p+1. The first-order valence-corrected chi connectivity index (χ1v) is 18.6. The maximum Gasteiger partial charge on any atom is 0.286 e. The van der Waals surface area contributed by atoms with Crippen molar-refractivity contribution in [3.8, 4) is 0 Å². The second-order valence-corrected chi connectivity index (χ2v) is 19.5. The third-order valence-electron chi connectivity index (χ3n) is 9.83. The highest BCUT2D eigenvalue weighted by atomic mass is 16.2. The van der Waals surface area contributed by atoms with Gasteiger partial charge in [-0.2, -0.15) is 4.58 Å². The Kier molecular flexibility index (Phi) is 11.1. The molecule has 2 aliphatic rings. The summed E-state index contributed by atoms with van der Waals surface area (Å²) in [6.07, 6.45) is 12.2. The average Bonchev–Trinajstić information content (AvgIpc) is 3.28. The van der Waals surface area contributed by atoms with Crippen molar-refractivity contribution >= 4 is 28.9 Å². The Labute approximate surface area is 309 Å². The summed E-state index contributed by atoms with van der Waals surface area (Å²) in [5.74, 6) is 0.0220. The van der Waals surface area contributed by atoms with Gasteiger partial charge in [0, 0.05) is 45.6 Å². The minimum absolute atomic E-state index is 0.0110. The molecule has 0 spiro atoms. The van der Waals surface area contributed by atoms with Gasteiger partial charge in [0.05, 0.1) is 5.41 Å². The van der Waals surface area contributed by atoms with Crippen LogP contribution in [0, 0.1) is 10.8 Å². The minimum Gasteiger partial charge on any atom is -0.350 e. The van der Waals surface area contributed by atoms with Crippen LogP contribution < -0.4 is 15.5 Å². The number of hydrogen-bond donors (Lipinski definition) is 2. The summed E-state index contributed by atoms with van der Waals surface area (Å²) in [5, 5.41) is 6.62. The Bertz CT molecular complexity index is 1750. The number of fused-ring (bicyclic) bond motifs is 2. The Balaban J connectivity index is 1.61. The molecule has 0 saturated carbocycles. The van der Waals surface area contributed by atoms with Gasteiger partial charge in [0.25, 0.3) is 5.91 Å². The van der Waals surface area contributed by atoms with Gasteiger partial charge >= 0.3 is 0 Å². The van der Waals surface area contributed by atoms with E-state index in [1.54, 1.807) is 0 Å². The van der Waals surface area contributed by atoms with Crippen LogP contribution in [0.25, 0.3) is 0 Å². The zero-order valence-corrected chi connectivity index (χ0v) is 34.0. The van der Waals surface area contributed by atoms with E-state index in [9.17, 15) is 9.59 Å². The number of nitrogens with zero attached hydrogens (tertiary/aromatic N) is 2. The van der Waals surface area contributed by atoms with Crippen LogP contribution in [0.3, 0.4) is 0 Å². The first kappa shape index (κ1) is 39.8. The predicted octanol–water partition coefficient (Wildman–Crippen LogP) is 9.52. The number of hydrogen-bond acceptors (Lipinski definition) is 3. The van der Waals surface area contributed by atoms with E-state index in [1.807, 2.05) is 18.2 Å². The third kappa shape index (κ3) is 9.69. The van der Waals surface area contributed by atoms with Crippen molar-refractivity contribution in [1.82, 2.24) is 10.6 Å². The highest BCUT2D eigenvalue weighted by Crippen LogP contribution is 2.47. The lowest BCUT2D eigenvalue weighted by Crippen LogP contribution is -2.49. The van der Waals surface area contributed by atoms with E-state index in [0.717, 1.165) is 35.6 Å². The molecule has 51 heavy (non-hydrogen) atoms. The van der Waals surface area contributed by atoms with E-state index >= 15 is 0 Å². The summed E-state index contributed by atoms with van der Waals surface area (Å²) in [5.41, 5.74) is 5.73. The molecule has 0 atom stereocenters. The van der Waals surface area contributed by atoms with Crippen LogP contribution in [-0.2, 0) is 20.4 Å². The maximum absolute atomic E-state index is 13.5. The Hall–Kier alpha value is -3.93. The molecule has 2 aromatic carbocycles. The summed E-state index contributed by atoms with van der Waals surface area (Å²) in [6, 6.07) is 16.8. The van der Waals surface area contributed by atoms with Crippen LogP contribution in [0.5, 0.6) is 0 Å². The van der Waals surface area contributed by atoms with Crippen molar-refractivity contribution in [2.24, 2.45) is 10.8 Å². The summed E-state index contributed by atoms with van der Waals surface area (Å²) >= 11 is 0. The lowest BCUT2D eigenvalue weighted by atomic mass is 9.81. The Morgan fingerprint density at radius 3 is 1.80 bits per heavy atom. The zero-order valence-electron chi connectivity index (χ0n) is 34.0. The van der Waals surface area contributed by atoms with Crippen LogP contribution in [0.4, 0.5) is 11.4 Å². The van der Waals surface area contributed by atoms with Crippen LogP contribution in [0.15, 0.2) is 84.6 Å². The number of rotatable bonds is 11. The number of carbonyl (C=O) groups is 2. The van der Waals surface area contributed by atoms with Crippen molar-refractivity contribution in [2.45, 2.75) is 132 Å². The van der Waals surface area contributed by atoms with Crippen LogP contribution in [-0.4, -0.2) is 46.3 Å². The lowest BCUT2D eigenvalue weighted by Gasteiger charge is -2.34. The summed E-state index contributed by atoms with van der Waals surface area (Å²) < 4.78 is 2.17. The van der Waals surface area contributed by atoms with Crippen molar-refractivity contribution in [1.29, 1.82) is 0 Å². The maximum atomic E-state index is 13.5. The van der Waals surface area contributed by atoms with Gasteiger partial charge in [-0.3, -0.25) is 9.59 Å². The molecule has 0 aromatic heterocycles. The molecule has 2 amide bonds. The van der Waals surface area contributed by atoms with E-state index in [1.165, 1.54) is 11.1 Å². The second kappa shape index (κ2) is 14.2. The van der Waals surface area contributed by atoms with Crippen LogP contribution >= 0.6 is 0 Å². The molecule has 4 rings (SSSR count). The Morgan fingerprint density at radius 1 is 0.686 bits per heavy atom. The fraction of sp³-hybridized carbons (Fsp3) is 0.533. The first-order chi connectivity index (χ1) is 23.3. The third-order valence-corrected chi connectivity index (χ3v) is 9.83. The predicted molar refractivity (Wildman–Crippen MR) is 215 cm³/mol. The average molecular weight is 694 g/mol. The van der Waals surface area contributed by atoms with Gasteiger partial charge in [0.2, 0.25) is 18.1 Å². The van der Waals surface area contributed by atoms with Crippen LogP contribution in [0.2, 0.25) is 0 Å². The van der Waals surface area contributed by atoms with Crippen molar-refractivity contribution in [3.63, 3.8) is 0 Å². The molecule has 0 bridgehead atoms. The number of allylic oxidation sites excluding steroid dienone is 6. The molecule has 0 fully saturated rings. The van der Waals surface area contributed by atoms with Gasteiger partial charge < -0.3 is 15.5 Å². The molecule has 6 heteroatoms. The number of amides is 2. The summed E-state index contributed by atoms with van der Waals surface area (Å²) in [6.45, 7) is 31.0. The van der Waals surface area contributed by atoms with E-state index in [-0.39, 0.29) is 57.6 Å². The number of carbonyl (C=O) groups excluding carboxylic acids is 2. The molecule has 0 aliphatic carbocycles. The summed E-state index contributed by atoms with van der Waals surface area (Å²) in [7, 11) is 0. The molecular formula is C45H65N4O2+. The quantitative estimate of drug-likeness (QED) is 0.182. The number of para-hydroxylation sites is 2. The van der Waals surface area contributed by atoms with E-state index in [4.69, 9.17) is 0 Å². The van der Waals surface area contributed by atoms with E-state index in [2.05, 4.69) is 178 Å². The molecule has 0 saturated heterocycles. The number of nitrogens with one attached hydrogen (secondary N) is 2. The molecule has 2 aromatic rings. The van der Waals surface area contributed by atoms with Gasteiger partial charge in [-0.05, 0) is 82.9 Å². The van der Waals surface area contributed by atoms with Gasteiger partial charge in [0.15, 0.2) is 5.71 Å². The normalized spacial score (nSPS) is 18.2. The van der Waals surface area contributed by atoms with E-state index < -0.39 is 0 Å². The highest BCUT2D eigenvalue weighted by molar-refractivity contribution is 6.03. The monoisotopic (exact) mass is 694 g/mol. The summed E-state index contributed by atoms with van der Waals surface area (Å²) in [4.78, 5) is 29.3. The minimum atomic E-state index is -0.318. The fourth-order valence-electron chi connectivity index (χ4n) is 8.84. The van der Waals surface area contributed by atoms with Gasteiger partial charge in [-0.1, -0.05) is 110 Å². The SMILES string of the molecule is CC(C)(C)CC(C)(C)NC(=O)CN1/C(=C/C=C/C=C/C2=[N+](CC(=O)NC(C)(C)CC(C)(C)C)c3ccccc3C2(C)C)C(C)(C)c2ccccc21. The topological polar surface area (TPSA) is 64.5 Å². The van der Waals surface area contributed by atoms with Crippen LogP contribution in [0.1, 0.15) is 121 Å². The molecule has 2 N–H and O–H groups in total. The number of anilines is 1. The first-order valence-electron chi connectivity index (χ1n) is 18.6. The van der Waals surface area contributed by atoms with Crippen molar-refractivity contribution in [3.05, 3.63) is 95.7 Å². The smallest absolute Gasteiger partial charge is 0.286 e. The largest absolute Gasteiger partial charge is 0.350 e. The molecule has 6 nitrogen and oxygen atoms in total. The molecule has 2 heterocycles. The molecular weight excluding hydrogens is 629 g/mol. The van der Waals surface area contributed by atoms with Crippen molar-refractivity contribution < 1.29 is 14.2 Å². The fourth-order valence-corrected chi connectivity index (χ4v) is 8.84. The van der Waals surface area contributed by atoms with Gasteiger partial charge in [-0.15, -0.1) is 0 Å². The van der Waals surface area contributed by atoms with Gasteiger partial charge in [-0.25, -0.2) is 0 Å². The molecule has 2 aliphatic heterocycles. The lowest BCUT2D eigenvalue weighted by molar-refractivity contribution is -0.425. The second-order valence-electron chi connectivity index (χ2n) is 19.5. The van der Waals surface area contributed by atoms with Gasteiger partial charge in [0.1, 0.15) is 6.54 Å². The molecule has 276 valence electrons. The Morgan fingerprint density at radius 2 is 1.22 bits per heavy atom.